The van der Waals surface area contributed by atoms with E-state index >= 15 is 0 Å². The van der Waals surface area contributed by atoms with E-state index < -0.39 is 0 Å². The minimum absolute atomic E-state index is 0.0349. The normalized spacial score (nSPS) is 17.0. The average Bonchev–Trinajstić information content (AvgIpc) is 2.41. The van der Waals surface area contributed by atoms with Gasteiger partial charge >= 0.3 is 6.03 Å². The maximum Gasteiger partial charge on any atom is 0.327 e. The lowest BCUT2D eigenvalue weighted by Gasteiger charge is -2.14. The lowest BCUT2D eigenvalue weighted by atomic mass is 10.5. The molecule has 1 aliphatic heterocycles. The van der Waals surface area contributed by atoms with Crippen molar-refractivity contribution in [3.63, 3.8) is 0 Å². The van der Waals surface area contributed by atoms with Crippen molar-refractivity contribution in [1.29, 1.82) is 0 Å². The van der Waals surface area contributed by atoms with E-state index in [9.17, 15) is 9.59 Å². The molecule has 1 aliphatic rings. The molecule has 0 saturated carbocycles. The number of hydrogen-bond acceptors (Lipinski definition) is 4. The van der Waals surface area contributed by atoms with E-state index in [0.717, 1.165) is 4.90 Å². The Kier molecular flexibility index (Phi) is 3.84. The number of carbonyl (C=O) groups excluding carboxylic acids is 2. The van der Waals surface area contributed by atoms with Crippen LogP contribution in [0.15, 0.2) is 0 Å². The maximum atomic E-state index is 11.3. The summed E-state index contributed by atoms with van der Waals surface area (Å²) in [5.41, 5.74) is 0. The van der Waals surface area contributed by atoms with Gasteiger partial charge in [0.15, 0.2) is 0 Å². The van der Waals surface area contributed by atoms with Gasteiger partial charge in [0.1, 0.15) is 6.54 Å². The van der Waals surface area contributed by atoms with Crippen LogP contribution in [0.25, 0.3) is 0 Å². The lowest BCUT2D eigenvalue weighted by molar-refractivity contribution is -0.124. The number of hydrogen-bond donors (Lipinski definition) is 1. The molecule has 0 unspecified atom stereocenters. The summed E-state index contributed by atoms with van der Waals surface area (Å²) in [6.45, 7) is 1.07. The highest BCUT2D eigenvalue weighted by molar-refractivity contribution is 6.01. The van der Waals surface area contributed by atoms with E-state index in [-0.39, 0.29) is 31.7 Å². The zero-order chi connectivity index (χ0) is 10.6. The van der Waals surface area contributed by atoms with Crippen LogP contribution >= 0.6 is 0 Å². The van der Waals surface area contributed by atoms with Gasteiger partial charge in [0.05, 0.1) is 19.8 Å². The number of rotatable bonds is 5. The van der Waals surface area contributed by atoms with E-state index in [0.29, 0.717) is 13.2 Å². The monoisotopic (exact) mass is 202 g/mol. The Labute approximate surface area is 82.0 Å². The number of imide groups is 1. The lowest BCUT2D eigenvalue weighted by Crippen LogP contribution is -2.32. The fourth-order valence-corrected chi connectivity index (χ4v) is 1.17. The third-order valence-corrected chi connectivity index (χ3v) is 2.00. The fraction of sp³-hybridized carbons (Fsp3) is 0.750. The van der Waals surface area contributed by atoms with Crippen LogP contribution in [0.3, 0.4) is 0 Å². The molecule has 1 heterocycles. The number of nitrogens with zero attached hydrogens (tertiary/aromatic N) is 2. The van der Waals surface area contributed by atoms with Crippen LogP contribution in [0, 0.1) is 0 Å². The van der Waals surface area contributed by atoms with Gasteiger partial charge in [-0.3, -0.25) is 9.69 Å². The molecule has 0 aromatic rings. The van der Waals surface area contributed by atoms with Gasteiger partial charge in [-0.25, -0.2) is 4.79 Å². The van der Waals surface area contributed by atoms with Crippen molar-refractivity contribution in [2.45, 2.75) is 0 Å². The van der Waals surface area contributed by atoms with Crippen LogP contribution in [0.5, 0.6) is 0 Å². The zero-order valence-electron chi connectivity index (χ0n) is 8.10. The summed E-state index contributed by atoms with van der Waals surface area (Å²) in [5, 5.41) is 8.43. The number of aliphatic hydroxyl groups is 1. The molecule has 0 aliphatic carbocycles. The molecule has 1 rings (SSSR count). The van der Waals surface area contributed by atoms with Crippen molar-refractivity contribution in [1.82, 2.24) is 9.80 Å². The zero-order valence-corrected chi connectivity index (χ0v) is 8.10. The standard InChI is InChI=1S/C8H14N2O4/c1-9-7(12)6-10(8(9)13)2-4-14-5-3-11/h11H,2-6H2,1H3. The largest absolute Gasteiger partial charge is 0.394 e. The second-order valence-electron chi connectivity index (χ2n) is 2.99. The Morgan fingerprint density at radius 1 is 1.43 bits per heavy atom. The Balaban J connectivity index is 2.26. The molecule has 0 radical (unpaired) electrons. The second-order valence-corrected chi connectivity index (χ2v) is 2.99. The topological polar surface area (TPSA) is 70.1 Å². The van der Waals surface area contributed by atoms with Gasteiger partial charge in [-0.05, 0) is 0 Å². The minimum Gasteiger partial charge on any atom is -0.394 e. The van der Waals surface area contributed by atoms with Crippen molar-refractivity contribution in [2.24, 2.45) is 0 Å². The van der Waals surface area contributed by atoms with Crippen LogP contribution in [0.4, 0.5) is 4.79 Å². The van der Waals surface area contributed by atoms with E-state index in [1.165, 1.54) is 11.9 Å². The molecule has 1 N–H and O–H groups in total. The molecule has 0 atom stereocenters. The number of aliphatic hydroxyl groups excluding tert-OH is 1. The molecule has 80 valence electrons. The molecule has 14 heavy (non-hydrogen) atoms. The smallest absolute Gasteiger partial charge is 0.327 e. The minimum atomic E-state index is -0.289. The number of carbonyl (C=O) groups is 2. The molecule has 0 bridgehead atoms. The maximum absolute atomic E-state index is 11.3. The number of amides is 3. The van der Waals surface area contributed by atoms with Crippen molar-refractivity contribution < 1.29 is 19.4 Å². The predicted octanol–water partition coefficient (Wildman–Crippen LogP) is -1.11. The predicted molar refractivity (Wildman–Crippen MR) is 47.6 cm³/mol. The van der Waals surface area contributed by atoms with Crippen LogP contribution < -0.4 is 0 Å². The van der Waals surface area contributed by atoms with Crippen LogP contribution in [0.1, 0.15) is 0 Å². The molecule has 6 nitrogen and oxygen atoms in total. The molecular formula is C8H14N2O4. The molecule has 6 heteroatoms. The van der Waals surface area contributed by atoms with E-state index in [1.807, 2.05) is 0 Å². The second kappa shape index (κ2) is 4.92. The van der Waals surface area contributed by atoms with Gasteiger partial charge in [-0.15, -0.1) is 0 Å². The molecule has 0 spiro atoms. The quantitative estimate of drug-likeness (QED) is 0.453. The molecule has 3 amide bonds. The van der Waals surface area contributed by atoms with Gasteiger partial charge in [0.2, 0.25) is 5.91 Å². The molecule has 0 aromatic heterocycles. The van der Waals surface area contributed by atoms with E-state index in [1.54, 1.807) is 0 Å². The van der Waals surface area contributed by atoms with Crippen LogP contribution in [-0.2, 0) is 9.53 Å². The number of ether oxygens (including phenoxy) is 1. The van der Waals surface area contributed by atoms with Crippen molar-refractivity contribution in [2.75, 3.05) is 40.0 Å². The summed E-state index contributed by atoms with van der Waals surface area (Å²) in [7, 11) is 1.46. The van der Waals surface area contributed by atoms with E-state index in [4.69, 9.17) is 9.84 Å². The highest BCUT2D eigenvalue weighted by Crippen LogP contribution is 2.06. The molecule has 1 fully saturated rings. The number of urea groups is 1. The van der Waals surface area contributed by atoms with Crippen LogP contribution in [-0.4, -0.2) is 66.8 Å². The Bertz CT molecular complexity index is 231. The first kappa shape index (κ1) is 10.9. The highest BCUT2D eigenvalue weighted by Gasteiger charge is 2.32. The van der Waals surface area contributed by atoms with Crippen molar-refractivity contribution in [3.8, 4) is 0 Å². The summed E-state index contributed by atoms with van der Waals surface area (Å²) in [6, 6.07) is -0.289. The van der Waals surface area contributed by atoms with Gasteiger partial charge in [-0.1, -0.05) is 0 Å². The van der Waals surface area contributed by atoms with Crippen molar-refractivity contribution in [3.05, 3.63) is 0 Å². The molecular weight excluding hydrogens is 188 g/mol. The Hall–Kier alpha value is -1.14. The molecule has 0 aromatic carbocycles. The summed E-state index contributed by atoms with van der Waals surface area (Å²) in [6.07, 6.45) is 0. The first-order valence-electron chi connectivity index (χ1n) is 4.41. The van der Waals surface area contributed by atoms with Crippen molar-refractivity contribution >= 4 is 11.9 Å². The first-order chi connectivity index (χ1) is 6.66. The summed E-state index contributed by atoms with van der Waals surface area (Å²) in [5.74, 6) is -0.197. The summed E-state index contributed by atoms with van der Waals surface area (Å²) < 4.78 is 4.99. The summed E-state index contributed by atoms with van der Waals surface area (Å²) >= 11 is 0. The highest BCUT2D eigenvalue weighted by atomic mass is 16.5. The van der Waals surface area contributed by atoms with Gasteiger partial charge in [0.25, 0.3) is 0 Å². The molecule has 1 saturated heterocycles. The van der Waals surface area contributed by atoms with Crippen LogP contribution in [0.2, 0.25) is 0 Å². The Morgan fingerprint density at radius 3 is 2.64 bits per heavy atom. The first-order valence-corrected chi connectivity index (χ1v) is 4.41. The summed E-state index contributed by atoms with van der Waals surface area (Å²) in [4.78, 5) is 24.9. The van der Waals surface area contributed by atoms with Gasteiger partial charge < -0.3 is 14.7 Å². The van der Waals surface area contributed by atoms with Gasteiger partial charge in [-0.2, -0.15) is 0 Å². The van der Waals surface area contributed by atoms with E-state index in [2.05, 4.69) is 0 Å². The SMILES string of the molecule is CN1C(=O)CN(CCOCCO)C1=O. The van der Waals surface area contributed by atoms with Gasteiger partial charge in [0, 0.05) is 13.6 Å². The third kappa shape index (κ3) is 2.43. The average molecular weight is 202 g/mol. The Morgan fingerprint density at radius 2 is 2.14 bits per heavy atom. The third-order valence-electron chi connectivity index (χ3n) is 2.00. The fourth-order valence-electron chi connectivity index (χ4n) is 1.17. The number of likely N-dealkylation sites (N-methyl/N-ethyl adjacent to an activating group) is 1.